The predicted octanol–water partition coefficient (Wildman–Crippen LogP) is 0.707. The van der Waals surface area contributed by atoms with Crippen LogP contribution in [-0.2, 0) is 7.05 Å². The lowest BCUT2D eigenvalue weighted by atomic mass is 10.4. The predicted molar refractivity (Wildman–Crippen MR) is 95.0 cm³/mol. The Bertz CT molecular complexity index is 594. The molecule has 0 aliphatic heterocycles. The second kappa shape index (κ2) is 8.60. The van der Waals surface area contributed by atoms with Crippen molar-refractivity contribution in [2.45, 2.75) is 13.3 Å². The molecule has 0 atom stereocenters. The third-order valence-corrected chi connectivity index (χ3v) is 2.76. The summed E-state index contributed by atoms with van der Waals surface area (Å²) in [6.07, 6.45) is 4.26. The molecule has 2 aromatic heterocycles. The summed E-state index contributed by atoms with van der Waals surface area (Å²) >= 11 is 0. The van der Waals surface area contributed by atoms with E-state index in [0.717, 1.165) is 29.8 Å². The largest absolute Gasteiger partial charge is 0.370 e. The number of halogens is 1. The molecule has 0 saturated heterocycles. The lowest BCUT2D eigenvalue weighted by Gasteiger charge is -2.08. The molecule has 9 heteroatoms. The minimum Gasteiger partial charge on any atom is -0.370 e. The number of nitrogens with two attached hydrogens (primary N) is 1. The highest BCUT2D eigenvalue weighted by molar-refractivity contribution is 14.0. The Balaban J connectivity index is 0.00000220. The summed E-state index contributed by atoms with van der Waals surface area (Å²) in [5.41, 5.74) is 6.51. The first-order valence-corrected chi connectivity index (χ1v) is 6.62. The number of guanidine groups is 1. The van der Waals surface area contributed by atoms with E-state index < -0.39 is 0 Å². The van der Waals surface area contributed by atoms with Gasteiger partial charge in [0.2, 0.25) is 0 Å². The number of rotatable bonds is 6. The van der Waals surface area contributed by atoms with Gasteiger partial charge in [0.05, 0.1) is 11.6 Å². The summed E-state index contributed by atoms with van der Waals surface area (Å²) in [6.45, 7) is 4.16. The van der Waals surface area contributed by atoms with E-state index in [9.17, 15) is 0 Å². The van der Waals surface area contributed by atoms with Crippen molar-refractivity contribution in [1.82, 2.24) is 25.1 Å². The molecule has 0 aromatic carbocycles. The van der Waals surface area contributed by atoms with Gasteiger partial charge in [-0.3, -0.25) is 9.67 Å². The van der Waals surface area contributed by atoms with Crippen LogP contribution in [0.15, 0.2) is 17.5 Å². The number of nitrogens with zero attached hydrogens (tertiary/aromatic N) is 5. The molecule has 0 radical (unpaired) electrons. The molecule has 21 heavy (non-hydrogen) atoms. The van der Waals surface area contributed by atoms with Crippen molar-refractivity contribution >= 4 is 46.8 Å². The van der Waals surface area contributed by atoms with E-state index in [1.54, 1.807) is 10.9 Å². The van der Waals surface area contributed by atoms with Crippen molar-refractivity contribution < 1.29 is 0 Å². The van der Waals surface area contributed by atoms with Gasteiger partial charge in [-0.1, -0.05) is 6.92 Å². The number of hydrogen-bond donors (Lipinski definition) is 3. The van der Waals surface area contributed by atoms with E-state index in [4.69, 9.17) is 5.73 Å². The van der Waals surface area contributed by atoms with Crippen LogP contribution in [0.25, 0.3) is 11.0 Å². The summed E-state index contributed by atoms with van der Waals surface area (Å²) in [5, 5.41) is 11.3. The minimum absolute atomic E-state index is 0. The molecular weight excluding hydrogens is 383 g/mol. The molecule has 2 heterocycles. The zero-order valence-electron chi connectivity index (χ0n) is 12.2. The number of nitrogens with one attached hydrogen (secondary N) is 2. The van der Waals surface area contributed by atoms with Gasteiger partial charge in [-0.2, -0.15) is 5.10 Å². The minimum atomic E-state index is 0. The maximum Gasteiger partial charge on any atom is 0.188 e. The quantitative estimate of drug-likeness (QED) is 0.283. The van der Waals surface area contributed by atoms with Gasteiger partial charge >= 0.3 is 0 Å². The molecule has 0 unspecified atom stereocenters. The average Bonchev–Trinajstić information content (AvgIpc) is 2.84. The maximum atomic E-state index is 5.71. The molecule has 0 aliphatic carbocycles. The standard InChI is InChI=1S/C12H20N8.HI/c1-3-4-15-12(13)16-6-5-14-10-9-7-19-20(2)11(9)18-8-17-10;/h7-8H,3-6H2,1-2H3,(H3,13,15,16)(H,14,17,18);1H. The fourth-order valence-electron chi connectivity index (χ4n) is 1.76. The van der Waals surface area contributed by atoms with Gasteiger partial charge in [-0.05, 0) is 6.42 Å². The summed E-state index contributed by atoms with van der Waals surface area (Å²) in [7, 11) is 1.85. The Labute approximate surface area is 140 Å². The molecule has 0 bridgehead atoms. The fraction of sp³-hybridized carbons (Fsp3) is 0.500. The average molecular weight is 404 g/mol. The summed E-state index contributed by atoms with van der Waals surface area (Å²) in [5.74, 6) is 1.25. The number of aromatic nitrogens is 4. The SMILES string of the molecule is CCCN=C(N)NCCNc1ncnc2c1cnn2C.I. The molecule has 0 aliphatic rings. The normalized spacial score (nSPS) is 11.2. The second-order valence-corrected chi connectivity index (χ2v) is 4.35. The number of anilines is 1. The van der Waals surface area contributed by atoms with E-state index in [-0.39, 0.29) is 24.0 Å². The zero-order valence-corrected chi connectivity index (χ0v) is 14.5. The fourth-order valence-corrected chi connectivity index (χ4v) is 1.76. The van der Waals surface area contributed by atoms with E-state index in [0.29, 0.717) is 19.0 Å². The maximum absolute atomic E-state index is 5.71. The molecule has 8 nitrogen and oxygen atoms in total. The summed E-state index contributed by atoms with van der Waals surface area (Å²) in [4.78, 5) is 12.6. The number of aliphatic imine (C=N–C) groups is 1. The van der Waals surface area contributed by atoms with E-state index in [1.165, 1.54) is 6.33 Å². The van der Waals surface area contributed by atoms with Gasteiger partial charge < -0.3 is 16.4 Å². The monoisotopic (exact) mass is 404 g/mol. The van der Waals surface area contributed by atoms with Gasteiger partial charge in [0.1, 0.15) is 12.1 Å². The van der Waals surface area contributed by atoms with Crippen LogP contribution in [0.2, 0.25) is 0 Å². The lowest BCUT2D eigenvalue weighted by molar-refractivity contribution is 0.785. The first-order chi connectivity index (χ1) is 9.72. The topological polar surface area (TPSA) is 106 Å². The van der Waals surface area contributed by atoms with Crippen LogP contribution in [0.4, 0.5) is 5.82 Å². The Morgan fingerprint density at radius 1 is 1.38 bits per heavy atom. The Morgan fingerprint density at radius 3 is 2.95 bits per heavy atom. The van der Waals surface area contributed by atoms with Crippen LogP contribution < -0.4 is 16.4 Å². The second-order valence-electron chi connectivity index (χ2n) is 4.35. The zero-order chi connectivity index (χ0) is 14.4. The lowest BCUT2D eigenvalue weighted by Crippen LogP contribution is -2.35. The Kier molecular flexibility index (Phi) is 7.12. The van der Waals surface area contributed by atoms with Crippen molar-refractivity contribution in [2.24, 2.45) is 17.8 Å². The van der Waals surface area contributed by atoms with Gasteiger partial charge in [0.15, 0.2) is 11.6 Å². The molecule has 0 spiro atoms. The van der Waals surface area contributed by atoms with Crippen LogP contribution in [-0.4, -0.2) is 45.3 Å². The molecule has 2 aromatic rings. The van der Waals surface area contributed by atoms with Gasteiger partial charge in [-0.25, -0.2) is 9.97 Å². The Hall–Kier alpha value is -1.65. The van der Waals surface area contributed by atoms with Crippen molar-refractivity contribution in [1.29, 1.82) is 0 Å². The third-order valence-electron chi connectivity index (χ3n) is 2.76. The van der Waals surface area contributed by atoms with Crippen LogP contribution in [0, 0.1) is 0 Å². The molecule has 116 valence electrons. The third kappa shape index (κ3) is 4.69. The highest BCUT2D eigenvalue weighted by Crippen LogP contribution is 2.16. The highest BCUT2D eigenvalue weighted by Gasteiger charge is 2.06. The number of aryl methyl sites for hydroxylation is 1. The van der Waals surface area contributed by atoms with Crippen molar-refractivity contribution in [2.75, 3.05) is 25.0 Å². The van der Waals surface area contributed by atoms with Crippen LogP contribution >= 0.6 is 24.0 Å². The number of hydrogen-bond acceptors (Lipinski definition) is 5. The molecule has 0 fully saturated rings. The van der Waals surface area contributed by atoms with E-state index in [2.05, 4.69) is 37.6 Å². The number of fused-ring (bicyclic) bond motifs is 1. The molecule has 0 saturated carbocycles. The molecule has 4 N–H and O–H groups in total. The molecule has 0 amide bonds. The van der Waals surface area contributed by atoms with Gasteiger partial charge in [-0.15, -0.1) is 24.0 Å². The van der Waals surface area contributed by atoms with Crippen molar-refractivity contribution in [3.8, 4) is 0 Å². The van der Waals surface area contributed by atoms with Gasteiger partial charge in [0.25, 0.3) is 0 Å². The summed E-state index contributed by atoms with van der Waals surface area (Å²) < 4.78 is 1.72. The smallest absolute Gasteiger partial charge is 0.188 e. The molecule has 2 rings (SSSR count). The Morgan fingerprint density at radius 2 is 2.19 bits per heavy atom. The first kappa shape index (κ1) is 17.4. The van der Waals surface area contributed by atoms with E-state index >= 15 is 0 Å². The molecular formula is C12H21IN8. The highest BCUT2D eigenvalue weighted by atomic mass is 127. The van der Waals surface area contributed by atoms with Crippen molar-refractivity contribution in [3.63, 3.8) is 0 Å². The van der Waals surface area contributed by atoms with Crippen LogP contribution in [0.3, 0.4) is 0 Å². The summed E-state index contributed by atoms with van der Waals surface area (Å²) in [6, 6.07) is 0. The first-order valence-electron chi connectivity index (χ1n) is 6.62. The van der Waals surface area contributed by atoms with Crippen LogP contribution in [0.1, 0.15) is 13.3 Å². The van der Waals surface area contributed by atoms with E-state index in [1.807, 2.05) is 7.05 Å². The van der Waals surface area contributed by atoms with Gasteiger partial charge in [0, 0.05) is 26.7 Å². The van der Waals surface area contributed by atoms with Crippen molar-refractivity contribution in [3.05, 3.63) is 12.5 Å². The van der Waals surface area contributed by atoms with Crippen LogP contribution in [0.5, 0.6) is 0 Å².